The van der Waals surface area contributed by atoms with Gasteiger partial charge < -0.3 is 14.5 Å². The van der Waals surface area contributed by atoms with E-state index in [9.17, 15) is 4.79 Å². The minimum atomic E-state index is -0.260. The number of benzene rings is 3. The summed E-state index contributed by atoms with van der Waals surface area (Å²) in [4.78, 5) is 20.2. The number of carbonyl (C=O) groups excluding carboxylic acids is 1. The fourth-order valence-electron chi connectivity index (χ4n) is 4.39. The number of Topliss-reactive ketones (excluding diaryl/α,β-unsaturated/α-hetero) is 1. The zero-order valence-electron chi connectivity index (χ0n) is 18.7. The topological polar surface area (TPSA) is 64.2 Å². The molecule has 6 heteroatoms. The summed E-state index contributed by atoms with van der Waals surface area (Å²) in [6.07, 6.45) is 6.08. The lowest BCUT2D eigenvalue weighted by Crippen LogP contribution is -2.18. The van der Waals surface area contributed by atoms with Crippen LogP contribution in [0.25, 0.3) is 0 Å². The number of H-pyrrole nitrogens is 1. The second-order valence-electron chi connectivity index (χ2n) is 8.32. The largest absolute Gasteiger partial charge is 0.487 e. The zero-order valence-corrected chi connectivity index (χ0v) is 19.4. The Bertz CT molecular complexity index is 1270. The Morgan fingerprint density at radius 1 is 0.971 bits per heavy atom. The molecule has 1 aliphatic carbocycles. The third kappa shape index (κ3) is 4.85. The van der Waals surface area contributed by atoms with Crippen molar-refractivity contribution in [1.82, 2.24) is 9.97 Å². The first kappa shape index (κ1) is 22.2. The quantitative estimate of drug-likeness (QED) is 0.317. The van der Waals surface area contributed by atoms with E-state index in [0.29, 0.717) is 29.4 Å². The summed E-state index contributed by atoms with van der Waals surface area (Å²) in [7, 11) is 0. The standard InChI is InChI=1S/C28H25ClN2O3/c29-23-10-4-5-12-26(23)33-18-22-20-9-6-11-24(32)21(20)13-14-25(22)34-27(17-28-30-15-16-31-28)19-7-2-1-3-8-19/h1-5,7-8,10,12-16,27H,6,9,11,17-18H2,(H,30,31). The minimum Gasteiger partial charge on any atom is -0.487 e. The number of para-hydroxylation sites is 1. The van der Waals surface area contributed by atoms with Crippen molar-refractivity contribution in [1.29, 1.82) is 0 Å². The highest BCUT2D eigenvalue weighted by molar-refractivity contribution is 6.32. The van der Waals surface area contributed by atoms with Crippen LogP contribution in [-0.2, 0) is 19.4 Å². The molecule has 0 radical (unpaired) electrons. The monoisotopic (exact) mass is 472 g/mol. The van der Waals surface area contributed by atoms with Crippen molar-refractivity contribution >= 4 is 17.4 Å². The van der Waals surface area contributed by atoms with Crippen molar-refractivity contribution in [2.24, 2.45) is 0 Å². The number of hydrogen-bond donors (Lipinski definition) is 1. The van der Waals surface area contributed by atoms with Gasteiger partial charge in [-0.1, -0.05) is 54.1 Å². The molecular weight excluding hydrogens is 448 g/mol. The van der Waals surface area contributed by atoms with E-state index < -0.39 is 0 Å². The molecule has 4 aromatic rings. The Morgan fingerprint density at radius 2 is 1.79 bits per heavy atom. The van der Waals surface area contributed by atoms with Gasteiger partial charge in [0, 0.05) is 36.4 Å². The van der Waals surface area contributed by atoms with Gasteiger partial charge in [-0.05, 0) is 48.2 Å². The SMILES string of the molecule is O=C1CCCc2c1ccc(OC(Cc1ncc[nH]1)c1ccccc1)c2COc1ccccc1Cl. The van der Waals surface area contributed by atoms with Crippen LogP contribution in [0.1, 0.15) is 51.8 Å². The van der Waals surface area contributed by atoms with Crippen LogP contribution in [0.4, 0.5) is 0 Å². The van der Waals surface area contributed by atoms with Gasteiger partial charge in [-0.3, -0.25) is 4.79 Å². The van der Waals surface area contributed by atoms with E-state index in [-0.39, 0.29) is 18.5 Å². The van der Waals surface area contributed by atoms with E-state index in [4.69, 9.17) is 21.1 Å². The normalized spacial score (nSPS) is 13.9. The number of ketones is 1. The molecule has 0 spiro atoms. The van der Waals surface area contributed by atoms with Gasteiger partial charge in [-0.25, -0.2) is 4.98 Å². The summed E-state index contributed by atoms with van der Waals surface area (Å²) in [5.74, 6) is 2.32. The highest BCUT2D eigenvalue weighted by atomic mass is 35.5. The third-order valence-corrected chi connectivity index (χ3v) is 6.41. The average Bonchev–Trinajstić information content (AvgIpc) is 3.38. The number of hydrogen-bond acceptors (Lipinski definition) is 4. The number of aromatic amines is 1. The first-order valence-corrected chi connectivity index (χ1v) is 11.8. The van der Waals surface area contributed by atoms with E-state index >= 15 is 0 Å². The summed E-state index contributed by atoms with van der Waals surface area (Å²) in [6, 6.07) is 21.3. The molecule has 0 saturated heterocycles. The fraction of sp³-hybridized carbons (Fsp3) is 0.214. The van der Waals surface area contributed by atoms with Gasteiger partial charge >= 0.3 is 0 Å². The number of rotatable bonds is 8. The van der Waals surface area contributed by atoms with Crippen LogP contribution >= 0.6 is 11.6 Å². The molecule has 3 aromatic carbocycles. The molecule has 0 amide bonds. The van der Waals surface area contributed by atoms with Crippen molar-refractivity contribution in [2.45, 2.75) is 38.4 Å². The minimum absolute atomic E-state index is 0.169. The van der Waals surface area contributed by atoms with E-state index in [2.05, 4.69) is 22.1 Å². The van der Waals surface area contributed by atoms with Crippen molar-refractivity contribution in [3.05, 3.63) is 112 Å². The van der Waals surface area contributed by atoms with Crippen LogP contribution < -0.4 is 9.47 Å². The maximum absolute atomic E-state index is 12.6. The number of fused-ring (bicyclic) bond motifs is 1. The van der Waals surface area contributed by atoms with Crippen LogP contribution in [0.2, 0.25) is 5.02 Å². The maximum atomic E-state index is 12.6. The number of nitrogens with zero attached hydrogens (tertiary/aromatic N) is 1. The lowest BCUT2D eigenvalue weighted by atomic mass is 9.87. The molecule has 34 heavy (non-hydrogen) atoms. The van der Waals surface area contributed by atoms with Gasteiger partial charge in [0.2, 0.25) is 0 Å². The van der Waals surface area contributed by atoms with E-state index in [1.807, 2.05) is 54.7 Å². The summed E-state index contributed by atoms with van der Waals surface area (Å²) < 4.78 is 12.8. The molecular formula is C28H25ClN2O3. The van der Waals surface area contributed by atoms with Gasteiger partial charge in [-0.15, -0.1) is 0 Å². The summed E-state index contributed by atoms with van der Waals surface area (Å²) >= 11 is 6.32. The predicted octanol–water partition coefficient (Wildman–Crippen LogP) is 6.52. The summed E-state index contributed by atoms with van der Waals surface area (Å²) in [6.45, 7) is 0.262. The average molecular weight is 473 g/mol. The molecule has 1 unspecified atom stereocenters. The molecule has 1 aromatic heterocycles. The second-order valence-corrected chi connectivity index (χ2v) is 8.73. The molecule has 0 aliphatic heterocycles. The first-order valence-electron chi connectivity index (χ1n) is 11.4. The van der Waals surface area contributed by atoms with Crippen LogP contribution in [-0.4, -0.2) is 15.8 Å². The Labute approximate surface area is 203 Å². The van der Waals surface area contributed by atoms with E-state index in [1.54, 1.807) is 12.3 Å². The Balaban J connectivity index is 1.51. The molecule has 1 atom stereocenters. The molecule has 0 saturated carbocycles. The Kier molecular flexibility index (Phi) is 6.63. The van der Waals surface area contributed by atoms with Crippen molar-refractivity contribution in [3.63, 3.8) is 0 Å². The number of ether oxygens (including phenoxy) is 2. The van der Waals surface area contributed by atoms with Gasteiger partial charge in [-0.2, -0.15) is 0 Å². The van der Waals surface area contributed by atoms with Crippen molar-refractivity contribution in [2.75, 3.05) is 0 Å². The molecule has 1 aliphatic rings. The molecule has 1 heterocycles. The number of nitrogens with one attached hydrogen (secondary N) is 1. The van der Waals surface area contributed by atoms with Gasteiger partial charge in [0.05, 0.1) is 5.02 Å². The van der Waals surface area contributed by atoms with Crippen LogP contribution in [0.3, 0.4) is 0 Å². The molecule has 5 nitrogen and oxygen atoms in total. The Hall–Kier alpha value is -3.57. The smallest absolute Gasteiger partial charge is 0.163 e. The molecule has 5 rings (SSSR count). The number of halogens is 1. The van der Waals surface area contributed by atoms with E-state index in [1.165, 1.54) is 0 Å². The lowest BCUT2D eigenvalue weighted by molar-refractivity contribution is 0.0971. The first-order chi connectivity index (χ1) is 16.7. The highest BCUT2D eigenvalue weighted by Gasteiger charge is 2.25. The molecule has 0 fully saturated rings. The molecule has 0 bridgehead atoms. The van der Waals surface area contributed by atoms with Crippen LogP contribution in [0.15, 0.2) is 79.1 Å². The zero-order chi connectivity index (χ0) is 23.3. The van der Waals surface area contributed by atoms with Crippen molar-refractivity contribution in [3.8, 4) is 11.5 Å². The lowest BCUT2D eigenvalue weighted by Gasteiger charge is -2.25. The molecule has 172 valence electrons. The number of aromatic nitrogens is 2. The van der Waals surface area contributed by atoms with Gasteiger partial charge in [0.15, 0.2) is 5.78 Å². The predicted molar refractivity (Wildman–Crippen MR) is 132 cm³/mol. The molecule has 1 N–H and O–H groups in total. The van der Waals surface area contributed by atoms with Crippen LogP contribution in [0, 0.1) is 0 Å². The summed E-state index contributed by atoms with van der Waals surface area (Å²) in [5.41, 5.74) is 3.71. The van der Waals surface area contributed by atoms with Crippen LogP contribution in [0.5, 0.6) is 11.5 Å². The van der Waals surface area contributed by atoms with Gasteiger partial charge in [0.1, 0.15) is 30.0 Å². The second kappa shape index (κ2) is 10.1. The fourth-order valence-corrected chi connectivity index (χ4v) is 4.58. The Morgan fingerprint density at radius 3 is 2.59 bits per heavy atom. The van der Waals surface area contributed by atoms with Crippen molar-refractivity contribution < 1.29 is 14.3 Å². The van der Waals surface area contributed by atoms with E-state index in [0.717, 1.165) is 40.9 Å². The third-order valence-electron chi connectivity index (χ3n) is 6.10. The summed E-state index contributed by atoms with van der Waals surface area (Å²) in [5, 5.41) is 0.547. The number of imidazole rings is 1. The highest BCUT2D eigenvalue weighted by Crippen LogP contribution is 2.36. The van der Waals surface area contributed by atoms with Gasteiger partial charge in [0.25, 0.3) is 0 Å². The number of carbonyl (C=O) groups is 1. The maximum Gasteiger partial charge on any atom is 0.163 e.